The number of fused-ring (bicyclic) bond motifs is 2. The van der Waals surface area contributed by atoms with E-state index in [4.69, 9.17) is 14.7 Å². The Kier molecular flexibility index (Phi) is 5.57. The van der Waals surface area contributed by atoms with E-state index in [1.165, 1.54) is 11.3 Å². The smallest absolute Gasteiger partial charge is 0.264 e. The van der Waals surface area contributed by atoms with Crippen LogP contribution in [0.1, 0.15) is 16.6 Å². The average molecular weight is 492 g/mol. The first-order chi connectivity index (χ1) is 17.1. The molecule has 2 amide bonds. The van der Waals surface area contributed by atoms with Gasteiger partial charge in [-0.25, -0.2) is 9.97 Å². The van der Waals surface area contributed by atoms with Gasteiger partial charge in [-0.05, 0) is 12.1 Å². The van der Waals surface area contributed by atoms with Crippen LogP contribution in [0, 0.1) is 0 Å². The van der Waals surface area contributed by atoms with Crippen LogP contribution < -0.4 is 4.90 Å². The van der Waals surface area contributed by atoms with E-state index >= 15 is 0 Å². The predicted octanol–water partition coefficient (Wildman–Crippen LogP) is 2.38. The average Bonchev–Trinajstić information content (AvgIpc) is 3.55. The molecule has 0 aliphatic carbocycles. The molecule has 10 nitrogen and oxygen atoms in total. The van der Waals surface area contributed by atoms with E-state index < -0.39 is 0 Å². The number of morpholine rings is 1. The molecule has 0 spiro atoms. The summed E-state index contributed by atoms with van der Waals surface area (Å²) in [6.45, 7) is 6.48. The van der Waals surface area contributed by atoms with Crippen molar-refractivity contribution in [2.75, 3.05) is 57.4 Å². The number of rotatable bonds is 3. The van der Waals surface area contributed by atoms with Gasteiger partial charge in [0, 0.05) is 57.1 Å². The van der Waals surface area contributed by atoms with E-state index in [9.17, 15) is 9.59 Å². The summed E-state index contributed by atoms with van der Waals surface area (Å²) in [7, 11) is 0. The summed E-state index contributed by atoms with van der Waals surface area (Å²) >= 11 is 1.44. The second-order valence-corrected chi connectivity index (χ2v) is 9.78. The minimum Gasteiger partial charge on any atom is -0.378 e. The first-order valence-corrected chi connectivity index (χ1v) is 12.5. The van der Waals surface area contributed by atoms with Gasteiger partial charge >= 0.3 is 0 Å². The Morgan fingerprint density at radius 2 is 1.80 bits per heavy atom. The lowest BCUT2D eigenvalue weighted by Gasteiger charge is -2.33. The van der Waals surface area contributed by atoms with Crippen LogP contribution in [0.3, 0.4) is 0 Å². The molecule has 0 atom stereocenters. The normalized spacial score (nSPS) is 16.9. The van der Waals surface area contributed by atoms with Crippen molar-refractivity contribution in [1.29, 1.82) is 0 Å². The molecule has 2 fully saturated rings. The van der Waals surface area contributed by atoms with Gasteiger partial charge < -0.3 is 19.4 Å². The molecule has 180 valence electrons. The molecule has 35 heavy (non-hydrogen) atoms. The quantitative estimate of drug-likeness (QED) is 0.469. The van der Waals surface area contributed by atoms with Gasteiger partial charge in [0.25, 0.3) is 5.91 Å². The second-order valence-electron chi connectivity index (χ2n) is 8.73. The number of carbonyl (C=O) groups is 2. The van der Waals surface area contributed by atoms with Crippen molar-refractivity contribution < 1.29 is 14.3 Å². The van der Waals surface area contributed by atoms with Gasteiger partial charge in [0.1, 0.15) is 0 Å². The van der Waals surface area contributed by atoms with E-state index in [0.717, 1.165) is 45.6 Å². The first-order valence-electron chi connectivity index (χ1n) is 11.7. The van der Waals surface area contributed by atoms with Crippen LogP contribution >= 0.6 is 11.3 Å². The van der Waals surface area contributed by atoms with Crippen molar-refractivity contribution in [1.82, 2.24) is 30.0 Å². The third kappa shape index (κ3) is 4.00. The standard InChI is InChI=1S/C24H25N7O3S/c1-15(32)29-5-7-31(8-6-29)24(33)20-13-19-21(35-20)23(30-9-11-34-12-10-30)27-22(26-19)16-3-2-4-18-17(16)14-25-28-18/h2-4,13-14H,5-12H2,1H3,(H,25,28). The Morgan fingerprint density at radius 3 is 2.57 bits per heavy atom. The monoisotopic (exact) mass is 491 g/mol. The van der Waals surface area contributed by atoms with Crippen LogP contribution in [-0.4, -0.2) is 94.3 Å². The number of H-pyrrole nitrogens is 1. The number of hydrogen-bond donors (Lipinski definition) is 1. The zero-order valence-corrected chi connectivity index (χ0v) is 20.2. The number of piperazine rings is 1. The second kappa shape index (κ2) is 8.90. The molecule has 0 unspecified atom stereocenters. The maximum atomic E-state index is 13.4. The van der Waals surface area contributed by atoms with Crippen LogP contribution in [0.5, 0.6) is 0 Å². The van der Waals surface area contributed by atoms with Gasteiger partial charge in [-0.15, -0.1) is 11.3 Å². The summed E-state index contributed by atoms with van der Waals surface area (Å²) in [6, 6.07) is 7.81. The number of aromatic amines is 1. The molecule has 1 aromatic carbocycles. The number of hydrogen-bond acceptors (Lipinski definition) is 8. The Morgan fingerprint density at radius 1 is 1.03 bits per heavy atom. The Hall–Kier alpha value is -3.57. The predicted molar refractivity (Wildman–Crippen MR) is 134 cm³/mol. The zero-order valence-electron chi connectivity index (χ0n) is 19.4. The highest BCUT2D eigenvalue weighted by molar-refractivity contribution is 7.21. The van der Waals surface area contributed by atoms with E-state index in [-0.39, 0.29) is 11.8 Å². The number of benzene rings is 1. The molecule has 3 aromatic heterocycles. The molecule has 1 N–H and O–H groups in total. The Labute approximate surface area is 205 Å². The number of anilines is 1. The molecule has 11 heteroatoms. The topological polar surface area (TPSA) is 108 Å². The van der Waals surface area contributed by atoms with Gasteiger partial charge in [0.05, 0.1) is 40.0 Å². The molecule has 6 rings (SSSR count). The summed E-state index contributed by atoms with van der Waals surface area (Å²) < 4.78 is 6.46. The number of aromatic nitrogens is 4. The minimum atomic E-state index is -0.0254. The summed E-state index contributed by atoms with van der Waals surface area (Å²) in [5.74, 6) is 1.46. The van der Waals surface area contributed by atoms with Gasteiger partial charge in [0.2, 0.25) is 5.91 Å². The summed E-state index contributed by atoms with van der Waals surface area (Å²) in [6.07, 6.45) is 1.79. The molecule has 5 heterocycles. The van der Waals surface area contributed by atoms with Crippen molar-refractivity contribution in [3.05, 3.63) is 35.3 Å². The van der Waals surface area contributed by atoms with Crippen LogP contribution in [0.4, 0.5) is 5.82 Å². The van der Waals surface area contributed by atoms with Crippen molar-refractivity contribution in [2.45, 2.75) is 6.92 Å². The minimum absolute atomic E-state index is 0.0254. The molecule has 4 aromatic rings. The van der Waals surface area contributed by atoms with E-state index in [0.29, 0.717) is 50.1 Å². The van der Waals surface area contributed by atoms with E-state index in [2.05, 4.69) is 15.1 Å². The van der Waals surface area contributed by atoms with Crippen molar-refractivity contribution in [2.24, 2.45) is 0 Å². The lowest BCUT2D eigenvalue weighted by atomic mass is 10.1. The van der Waals surface area contributed by atoms with Crippen LogP contribution in [0.15, 0.2) is 30.5 Å². The Bertz CT molecular complexity index is 1420. The SMILES string of the molecule is CC(=O)N1CCN(C(=O)c2cc3nc(-c4cccc5[nH]ncc45)nc(N4CCOCC4)c3s2)CC1. The fraction of sp³-hybridized carbons (Fsp3) is 0.375. The lowest BCUT2D eigenvalue weighted by Crippen LogP contribution is -2.49. The third-order valence-electron chi connectivity index (χ3n) is 6.61. The van der Waals surface area contributed by atoms with Crippen molar-refractivity contribution in [3.8, 4) is 11.4 Å². The highest BCUT2D eigenvalue weighted by Gasteiger charge is 2.27. The third-order valence-corrected chi connectivity index (χ3v) is 7.72. The summed E-state index contributed by atoms with van der Waals surface area (Å²) in [4.78, 5) is 41.4. The molecule has 2 aliphatic heterocycles. The molecule has 2 aliphatic rings. The van der Waals surface area contributed by atoms with Crippen molar-refractivity contribution in [3.63, 3.8) is 0 Å². The number of ether oxygens (including phenoxy) is 1. The molecule has 2 saturated heterocycles. The molecule has 0 radical (unpaired) electrons. The molecular weight excluding hydrogens is 466 g/mol. The van der Waals surface area contributed by atoms with Crippen LogP contribution in [0.25, 0.3) is 32.5 Å². The largest absolute Gasteiger partial charge is 0.378 e. The van der Waals surface area contributed by atoms with Gasteiger partial charge in [-0.1, -0.05) is 12.1 Å². The molecule has 0 saturated carbocycles. The maximum absolute atomic E-state index is 13.4. The van der Waals surface area contributed by atoms with Crippen LogP contribution in [0.2, 0.25) is 0 Å². The fourth-order valence-corrected chi connectivity index (χ4v) is 5.76. The number of amides is 2. The fourth-order valence-electron chi connectivity index (χ4n) is 4.67. The zero-order chi connectivity index (χ0) is 23.9. The first kappa shape index (κ1) is 21.9. The molecular formula is C24H25N7O3S. The lowest BCUT2D eigenvalue weighted by molar-refractivity contribution is -0.130. The number of carbonyl (C=O) groups excluding carboxylic acids is 2. The number of thiophene rings is 1. The summed E-state index contributed by atoms with van der Waals surface area (Å²) in [5, 5.41) is 8.14. The van der Waals surface area contributed by atoms with Gasteiger partial charge in [0.15, 0.2) is 11.6 Å². The highest BCUT2D eigenvalue weighted by atomic mass is 32.1. The number of nitrogens with zero attached hydrogens (tertiary/aromatic N) is 6. The van der Waals surface area contributed by atoms with E-state index in [1.54, 1.807) is 18.0 Å². The summed E-state index contributed by atoms with van der Waals surface area (Å²) in [5.41, 5.74) is 2.57. The highest BCUT2D eigenvalue weighted by Crippen LogP contribution is 2.36. The molecule has 0 bridgehead atoms. The van der Waals surface area contributed by atoms with Crippen molar-refractivity contribution >= 4 is 50.1 Å². The van der Waals surface area contributed by atoms with Gasteiger partial charge in [-0.3, -0.25) is 14.7 Å². The van der Waals surface area contributed by atoms with Crippen LogP contribution in [-0.2, 0) is 9.53 Å². The van der Waals surface area contributed by atoms with E-state index in [1.807, 2.05) is 29.2 Å². The van der Waals surface area contributed by atoms with Gasteiger partial charge in [-0.2, -0.15) is 5.10 Å². The maximum Gasteiger partial charge on any atom is 0.264 e. The Balaban J connectivity index is 1.41. The number of nitrogens with one attached hydrogen (secondary N) is 1.